The highest BCUT2D eigenvalue weighted by Crippen LogP contribution is 2.59. The molecule has 4 aliphatic rings. The second-order valence-corrected chi connectivity index (χ2v) is 9.10. The predicted molar refractivity (Wildman–Crippen MR) is 116 cm³/mol. The number of ether oxygens (including phenoxy) is 5. The van der Waals surface area contributed by atoms with Crippen molar-refractivity contribution in [1.29, 1.82) is 0 Å². The fourth-order valence-electron chi connectivity index (χ4n) is 5.10. The number of carbonyl (C=O) groups is 1. The van der Waals surface area contributed by atoms with Gasteiger partial charge in [-0.1, -0.05) is 30.3 Å². The van der Waals surface area contributed by atoms with Crippen LogP contribution in [0.3, 0.4) is 0 Å². The van der Waals surface area contributed by atoms with Crippen molar-refractivity contribution in [3.05, 3.63) is 54.3 Å². The predicted octanol–water partition coefficient (Wildman–Crippen LogP) is -1.33. The molecule has 2 saturated heterocycles. The lowest BCUT2D eigenvalue weighted by Crippen LogP contribution is -2.60. The first-order chi connectivity index (χ1) is 16.9. The molecule has 1 aromatic rings. The number of aliphatic hydroxyl groups excluding tert-OH is 5. The number of epoxide rings is 1. The molecule has 0 radical (unpaired) electrons. The summed E-state index contributed by atoms with van der Waals surface area (Å²) in [6, 6.07) is 9.11. The largest absolute Gasteiger partial charge is 0.472 e. The molecule has 11 heteroatoms. The molecule has 11 atom stereocenters. The van der Waals surface area contributed by atoms with E-state index < -0.39 is 79.2 Å². The maximum atomic E-state index is 12.1. The quantitative estimate of drug-likeness (QED) is 0.174. The van der Waals surface area contributed by atoms with E-state index in [1.807, 2.05) is 30.3 Å². The molecule has 1 aromatic carbocycles. The molecule has 5 N–H and O–H groups in total. The third-order valence-electron chi connectivity index (χ3n) is 7.05. The highest BCUT2D eigenvalue weighted by Gasteiger charge is 2.75. The average Bonchev–Trinajstić information content (AvgIpc) is 3.57. The van der Waals surface area contributed by atoms with Gasteiger partial charge in [0.2, 0.25) is 6.29 Å². The smallest absolute Gasteiger partial charge is 0.330 e. The van der Waals surface area contributed by atoms with Crippen LogP contribution < -0.4 is 0 Å². The minimum atomic E-state index is -1.65. The zero-order chi connectivity index (χ0) is 24.7. The van der Waals surface area contributed by atoms with Crippen LogP contribution in [0.1, 0.15) is 5.56 Å². The van der Waals surface area contributed by atoms with Crippen molar-refractivity contribution < 1.29 is 54.0 Å². The second-order valence-electron chi connectivity index (χ2n) is 9.10. The van der Waals surface area contributed by atoms with Gasteiger partial charge in [-0.2, -0.15) is 0 Å². The van der Waals surface area contributed by atoms with Gasteiger partial charge in [0, 0.05) is 12.0 Å². The van der Waals surface area contributed by atoms with Crippen LogP contribution in [0.4, 0.5) is 0 Å². The Balaban J connectivity index is 1.22. The molecule has 35 heavy (non-hydrogen) atoms. The van der Waals surface area contributed by atoms with Crippen LogP contribution in [0.5, 0.6) is 0 Å². The summed E-state index contributed by atoms with van der Waals surface area (Å²) in [4.78, 5) is 12.1. The summed E-state index contributed by atoms with van der Waals surface area (Å²) in [6.07, 6.45) is -4.23. The van der Waals surface area contributed by atoms with Gasteiger partial charge in [0.25, 0.3) is 0 Å². The van der Waals surface area contributed by atoms with Gasteiger partial charge in [-0.15, -0.1) is 0 Å². The standard InChI is InChI=1S/C24H28O11/c25-11-24-16-13(17(27)21(24)35-24)8-9-31-22(16)34-23-20(30)19(29)18(28)14(33-23)10-32-15(26)7-6-12-4-2-1-3-5-12/h1-9,13-14,16-23,25,27-30H,10-11H2/b7-6+/t13?,14?,16?,17-,18?,19?,20?,21-,22-,23?,24+/m0/s1. The van der Waals surface area contributed by atoms with Gasteiger partial charge in [0.1, 0.15) is 42.7 Å². The van der Waals surface area contributed by atoms with Crippen LogP contribution >= 0.6 is 0 Å². The maximum Gasteiger partial charge on any atom is 0.330 e. The number of fused-ring (bicyclic) bond motifs is 3. The van der Waals surface area contributed by atoms with Crippen LogP contribution in [0.15, 0.2) is 48.7 Å². The summed E-state index contributed by atoms with van der Waals surface area (Å²) >= 11 is 0. The van der Waals surface area contributed by atoms with Gasteiger partial charge < -0.3 is 49.2 Å². The Morgan fingerprint density at radius 1 is 1.03 bits per heavy atom. The van der Waals surface area contributed by atoms with Crippen LogP contribution in [0.2, 0.25) is 0 Å². The molecule has 3 heterocycles. The summed E-state index contributed by atoms with van der Waals surface area (Å²) in [5.41, 5.74) is -0.248. The number of aliphatic hydroxyl groups is 5. The van der Waals surface area contributed by atoms with Crippen molar-refractivity contribution in [2.24, 2.45) is 11.8 Å². The highest BCUT2D eigenvalue weighted by molar-refractivity contribution is 5.87. The number of esters is 1. The van der Waals surface area contributed by atoms with Gasteiger partial charge in [0.15, 0.2) is 6.29 Å². The van der Waals surface area contributed by atoms with Crippen molar-refractivity contribution in [3.8, 4) is 0 Å². The fourth-order valence-corrected chi connectivity index (χ4v) is 5.10. The molecule has 5 rings (SSSR count). The molecule has 11 nitrogen and oxygen atoms in total. The molecule has 3 fully saturated rings. The Kier molecular flexibility index (Phi) is 6.68. The summed E-state index contributed by atoms with van der Waals surface area (Å²) in [6.45, 7) is -0.776. The molecule has 1 aliphatic carbocycles. The third kappa shape index (κ3) is 4.39. The van der Waals surface area contributed by atoms with Crippen LogP contribution in [0, 0.1) is 11.8 Å². The first kappa shape index (κ1) is 24.3. The first-order valence-electron chi connectivity index (χ1n) is 11.4. The summed E-state index contributed by atoms with van der Waals surface area (Å²) in [5.74, 6) is -1.70. The van der Waals surface area contributed by atoms with Crippen LogP contribution in [-0.4, -0.2) is 99.5 Å². The van der Waals surface area contributed by atoms with E-state index in [-0.39, 0.29) is 6.61 Å². The van der Waals surface area contributed by atoms with Gasteiger partial charge in [-0.3, -0.25) is 0 Å². The summed E-state index contributed by atoms with van der Waals surface area (Å²) < 4.78 is 27.7. The van der Waals surface area contributed by atoms with Gasteiger partial charge in [-0.25, -0.2) is 4.79 Å². The molecule has 0 bridgehead atoms. The van der Waals surface area contributed by atoms with Gasteiger partial charge in [-0.05, 0) is 17.7 Å². The van der Waals surface area contributed by atoms with E-state index in [1.54, 1.807) is 12.2 Å². The number of rotatable bonds is 7. The SMILES string of the molecule is O=C(/C=C/c1ccccc1)OCC1OC(O[C@@H]2OC=CC3C2[C@@]2(CO)O[C@H]2[C@H]3O)C(O)C(O)C1O. The number of hydrogen-bond acceptors (Lipinski definition) is 11. The Morgan fingerprint density at radius 3 is 2.54 bits per heavy atom. The maximum absolute atomic E-state index is 12.1. The number of carbonyl (C=O) groups excluding carboxylic acids is 1. The Morgan fingerprint density at radius 2 is 1.80 bits per heavy atom. The lowest BCUT2D eigenvalue weighted by atomic mass is 9.85. The molecule has 190 valence electrons. The lowest BCUT2D eigenvalue weighted by Gasteiger charge is -2.43. The van der Waals surface area contributed by atoms with E-state index in [1.165, 1.54) is 12.3 Å². The van der Waals surface area contributed by atoms with E-state index >= 15 is 0 Å². The first-order valence-corrected chi connectivity index (χ1v) is 11.4. The molecule has 0 amide bonds. The highest BCUT2D eigenvalue weighted by atomic mass is 16.8. The van der Waals surface area contributed by atoms with E-state index in [4.69, 9.17) is 23.7 Å². The van der Waals surface area contributed by atoms with Crippen LogP contribution in [0.25, 0.3) is 6.08 Å². The van der Waals surface area contributed by atoms with E-state index in [0.29, 0.717) is 0 Å². The fraction of sp³-hybridized carbons (Fsp3) is 0.542. The molecule has 7 unspecified atom stereocenters. The van der Waals surface area contributed by atoms with Crippen molar-refractivity contribution >= 4 is 12.0 Å². The van der Waals surface area contributed by atoms with Crippen molar-refractivity contribution in [2.75, 3.05) is 13.2 Å². The van der Waals surface area contributed by atoms with Crippen molar-refractivity contribution in [3.63, 3.8) is 0 Å². The third-order valence-corrected chi connectivity index (χ3v) is 7.05. The number of hydrogen-bond donors (Lipinski definition) is 5. The van der Waals surface area contributed by atoms with Crippen molar-refractivity contribution in [2.45, 2.75) is 54.8 Å². The van der Waals surface area contributed by atoms with E-state index in [9.17, 15) is 30.3 Å². The minimum Gasteiger partial charge on any atom is -0.472 e. The van der Waals surface area contributed by atoms with Gasteiger partial charge >= 0.3 is 5.97 Å². The second kappa shape index (κ2) is 9.60. The average molecular weight is 492 g/mol. The molecule has 0 aromatic heterocycles. The van der Waals surface area contributed by atoms with E-state index in [0.717, 1.165) is 5.56 Å². The molecule has 1 saturated carbocycles. The minimum absolute atomic E-state index is 0.364. The zero-order valence-corrected chi connectivity index (χ0v) is 18.6. The summed E-state index contributed by atoms with van der Waals surface area (Å²) in [7, 11) is 0. The lowest BCUT2D eigenvalue weighted by molar-refractivity contribution is -0.344. The molecular weight excluding hydrogens is 464 g/mol. The normalized spacial score (nSPS) is 43.9. The van der Waals surface area contributed by atoms with Gasteiger partial charge in [0.05, 0.1) is 24.9 Å². The Bertz CT molecular complexity index is 967. The number of benzene rings is 1. The topological polar surface area (TPSA) is 168 Å². The Labute approximate surface area is 200 Å². The monoisotopic (exact) mass is 492 g/mol. The summed E-state index contributed by atoms with van der Waals surface area (Å²) in [5, 5.41) is 51.5. The van der Waals surface area contributed by atoms with Crippen molar-refractivity contribution in [1.82, 2.24) is 0 Å². The molecular formula is C24H28O11. The zero-order valence-electron chi connectivity index (χ0n) is 18.6. The molecule has 3 aliphatic heterocycles. The molecule has 0 spiro atoms. The van der Waals surface area contributed by atoms with E-state index in [2.05, 4.69) is 0 Å². The van der Waals surface area contributed by atoms with Crippen LogP contribution in [-0.2, 0) is 28.5 Å². The Hall–Kier alpha value is -2.35.